The van der Waals surface area contributed by atoms with Gasteiger partial charge >= 0.3 is 0 Å². The number of aromatic nitrogens is 2. The molecule has 1 fully saturated rings. The van der Waals surface area contributed by atoms with Crippen LogP contribution in [0.15, 0.2) is 6.33 Å². The van der Waals surface area contributed by atoms with Crippen molar-refractivity contribution in [2.24, 2.45) is 5.92 Å². The van der Waals surface area contributed by atoms with E-state index in [9.17, 15) is 4.79 Å². The third kappa shape index (κ3) is 3.43. The fourth-order valence-corrected chi connectivity index (χ4v) is 2.88. The van der Waals surface area contributed by atoms with E-state index in [1.807, 2.05) is 0 Å². The van der Waals surface area contributed by atoms with Crippen LogP contribution in [-0.2, 0) is 11.2 Å². The van der Waals surface area contributed by atoms with E-state index in [0.717, 1.165) is 56.1 Å². The van der Waals surface area contributed by atoms with Crippen molar-refractivity contribution in [1.82, 2.24) is 15.3 Å². The van der Waals surface area contributed by atoms with E-state index in [1.54, 1.807) is 13.4 Å². The van der Waals surface area contributed by atoms with Crippen LogP contribution in [0.1, 0.15) is 32.3 Å². The maximum Gasteiger partial charge on any atom is 0.222 e. The number of carbonyl (C=O) groups is 1. The highest BCUT2D eigenvalue weighted by atomic mass is 16.1. The molecule has 0 bridgehead atoms. The van der Waals surface area contributed by atoms with E-state index < -0.39 is 0 Å². The molecular weight excluding hydrogens is 266 g/mol. The number of hydrogen-bond acceptors (Lipinski definition) is 5. The summed E-state index contributed by atoms with van der Waals surface area (Å²) >= 11 is 0. The molecule has 6 nitrogen and oxygen atoms in total. The van der Waals surface area contributed by atoms with E-state index >= 15 is 0 Å². The van der Waals surface area contributed by atoms with Crippen LogP contribution in [0.25, 0.3) is 0 Å². The Balaban J connectivity index is 2.13. The van der Waals surface area contributed by atoms with Crippen molar-refractivity contribution in [3.05, 3.63) is 11.9 Å². The van der Waals surface area contributed by atoms with Gasteiger partial charge in [0.15, 0.2) is 0 Å². The molecule has 21 heavy (non-hydrogen) atoms. The van der Waals surface area contributed by atoms with Crippen LogP contribution < -0.4 is 15.5 Å². The molecule has 1 aromatic heterocycles. The predicted octanol–water partition coefficient (Wildman–Crippen LogP) is 1.43. The highest BCUT2D eigenvalue weighted by Gasteiger charge is 2.26. The summed E-state index contributed by atoms with van der Waals surface area (Å²) in [6, 6.07) is 0. The molecule has 1 amide bonds. The normalized spacial score (nSPS) is 15.9. The number of hydrogen-bond donors (Lipinski definition) is 2. The Hall–Kier alpha value is -1.85. The lowest BCUT2D eigenvalue weighted by Gasteiger charge is -2.33. The van der Waals surface area contributed by atoms with Crippen molar-refractivity contribution in [2.75, 3.05) is 36.9 Å². The van der Waals surface area contributed by atoms with Gasteiger partial charge in [-0.1, -0.05) is 6.92 Å². The highest BCUT2D eigenvalue weighted by Crippen LogP contribution is 2.28. The van der Waals surface area contributed by atoms with E-state index in [1.165, 1.54) is 0 Å². The first-order valence-corrected chi connectivity index (χ1v) is 7.75. The predicted molar refractivity (Wildman–Crippen MR) is 84.6 cm³/mol. The minimum absolute atomic E-state index is 0.131. The molecule has 0 saturated carbocycles. The SMILES string of the molecule is CCNc1ncnc(N2CCC(C(=O)NC)CC2)c1CC. The summed E-state index contributed by atoms with van der Waals surface area (Å²) < 4.78 is 0. The highest BCUT2D eigenvalue weighted by molar-refractivity contribution is 5.78. The van der Waals surface area contributed by atoms with E-state index in [0.29, 0.717) is 0 Å². The Morgan fingerprint density at radius 1 is 1.33 bits per heavy atom. The molecule has 1 aliphatic heterocycles. The Bertz CT molecular complexity index is 483. The molecule has 116 valence electrons. The zero-order valence-electron chi connectivity index (χ0n) is 13.1. The number of piperidine rings is 1. The van der Waals surface area contributed by atoms with Crippen molar-refractivity contribution in [3.8, 4) is 0 Å². The lowest BCUT2D eigenvalue weighted by Crippen LogP contribution is -2.40. The molecule has 2 rings (SSSR count). The molecule has 0 aliphatic carbocycles. The van der Waals surface area contributed by atoms with Crippen LogP contribution in [-0.4, -0.2) is 42.6 Å². The van der Waals surface area contributed by atoms with Gasteiger partial charge in [-0.2, -0.15) is 0 Å². The molecular formula is C15H25N5O. The van der Waals surface area contributed by atoms with Crippen LogP contribution >= 0.6 is 0 Å². The third-order valence-electron chi connectivity index (χ3n) is 4.03. The number of carbonyl (C=O) groups excluding carboxylic acids is 1. The molecule has 2 heterocycles. The van der Waals surface area contributed by atoms with Gasteiger partial charge in [0.05, 0.1) is 0 Å². The monoisotopic (exact) mass is 291 g/mol. The molecule has 0 aromatic carbocycles. The number of amides is 1. The fraction of sp³-hybridized carbons (Fsp3) is 0.667. The second kappa shape index (κ2) is 7.24. The quantitative estimate of drug-likeness (QED) is 0.859. The summed E-state index contributed by atoms with van der Waals surface area (Å²) in [6.45, 7) is 6.78. The summed E-state index contributed by atoms with van der Waals surface area (Å²) in [7, 11) is 1.71. The number of nitrogens with zero attached hydrogens (tertiary/aromatic N) is 3. The summed E-state index contributed by atoms with van der Waals surface area (Å²) in [6.07, 6.45) is 4.28. The van der Waals surface area contributed by atoms with Crippen LogP contribution in [0.2, 0.25) is 0 Å². The largest absolute Gasteiger partial charge is 0.370 e. The first-order chi connectivity index (χ1) is 10.2. The molecule has 0 radical (unpaired) electrons. The topological polar surface area (TPSA) is 70.2 Å². The number of nitrogens with one attached hydrogen (secondary N) is 2. The Labute approximate surface area is 126 Å². The fourth-order valence-electron chi connectivity index (χ4n) is 2.88. The number of rotatable bonds is 5. The summed E-state index contributed by atoms with van der Waals surface area (Å²) in [5.74, 6) is 2.23. The average Bonchev–Trinajstić information content (AvgIpc) is 2.54. The van der Waals surface area contributed by atoms with Crippen molar-refractivity contribution in [3.63, 3.8) is 0 Å². The van der Waals surface area contributed by atoms with Crippen molar-refractivity contribution < 1.29 is 4.79 Å². The minimum atomic E-state index is 0.131. The lowest BCUT2D eigenvalue weighted by atomic mass is 9.95. The first kappa shape index (κ1) is 15.5. The summed E-state index contributed by atoms with van der Waals surface area (Å²) in [5.41, 5.74) is 1.16. The van der Waals surface area contributed by atoms with Gasteiger partial charge in [0.2, 0.25) is 5.91 Å². The standard InChI is InChI=1S/C15H25N5O/c1-4-12-13(17-5-2)18-10-19-14(12)20-8-6-11(7-9-20)15(21)16-3/h10-11H,4-9H2,1-3H3,(H,16,21)(H,17,18,19). The van der Waals surface area contributed by atoms with Crippen LogP contribution in [0.3, 0.4) is 0 Å². The Morgan fingerprint density at radius 3 is 2.62 bits per heavy atom. The van der Waals surface area contributed by atoms with E-state index in [-0.39, 0.29) is 11.8 Å². The van der Waals surface area contributed by atoms with Gasteiger partial charge in [-0.3, -0.25) is 4.79 Å². The molecule has 2 N–H and O–H groups in total. The maximum atomic E-state index is 11.7. The van der Waals surface area contributed by atoms with Gasteiger partial charge in [0.1, 0.15) is 18.0 Å². The molecule has 6 heteroatoms. The maximum absolute atomic E-state index is 11.7. The Morgan fingerprint density at radius 2 is 2.05 bits per heavy atom. The first-order valence-electron chi connectivity index (χ1n) is 7.75. The smallest absolute Gasteiger partial charge is 0.222 e. The van der Waals surface area contributed by atoms with Gasteiger partial charge in [-0.25, -0.2) is 9.97 Å². The van der Waals surface area contributed by atoms with Gasteiger partial charge in [-0.05, 0) is 26.2 Å². The summed E-state index contributed by atoms with van der Waals surface area (Å²) in [5, 5.41) is 6.05. The van der Waals surface area contributed by atoms with Gasteiger partial charge < -0.3 is 15.5 Å². The number of anilines is 2. The molecule has 1 aliphatic rings. The molecule has 1 aromatic rings. The van der Waals surface area contributed by atoms with Crippen molar-refractivity contribution in [1.29, 1.82) is 0 Å². The second-order valence-corrected chi connectivity index (χ2v) is 5.28. The molecule has 1 saturated heterocycles. The van der Waals surface area contributed by atoms with Crippen LogP contribution in [0.5, 0.6) is 0 Å². The zero-order valence-corrected chi connectivity index (χ0v) is 13.1. The lowest BCUT2D eigenvalue weighted by molar-refractivity contribution is -0.125. The molecule has 0 spiro atoms. The molecule has 0 atom stereocenters. The van der Waals surface area contributed by atoms with Crippen LogP contribution in [0.4, 0.5) is 11.6 Å². The molecule has 0 unspecified atom stereocenters. The average molecular weight is 291 g/mol. The van der Waals surface area contributed by atoms with Gasteiger partial charge in [0, 0.05) is 38.2 Å². The Kier molecular flexibility index (Phi) is 5.36. The third-order valence-corrected chi connectivity index (χ3v) is 4.03. The van der Waals surface area contributed by atoms with Crippen molar-refractivity contribution in [2.45, 2.75) is 33.1 Å². The van der Waals surface area contributed by atoms with E-state index in [4.69, 9.17) is 0 Å². The van der Waals surface area contributed by atoms with E-state index in [2.05, 4.69) is 39.3 Å². The zero-order chi connectivity index (χ0) is 15.2. The van der Waals surface area contributed by atoms with Crippen molar-refractivity contribution >= 4 is 17.5 Å². The summed E-state index contributed by atoms with van der Waals surface area (Å²) in [4.78, 5) is 22.8. The van der Waals surface area contributed by atoms with Gasteiger partial charge in [-0.15, -0.1) is 0 Å². The van der Waals surface area contributed by atoms with Crippen LogP contribution in [0, 0.1) is 5.92 Å². The second-order valence-electron chi connectivity index (χ2n) is 5.28. The minimum Gasteiger partial charge on any atom is -0.370 e. The van der Waals surface area contributed by atoms with Gasteiger partial charge in [0.25, 0.3) is 0 Å².